The lowest BCUT2D eigenvalue weighted by atomic mass is 9.85. The van der Waals surface area contributed by atoms with E-state index in [0.29, 0.717) is 18.8 Å². The Morgan fingerprint density at radius 1 is 1.17 bits per heavy atom. The first kappa shape index (κ1) is 16.7. The van der Waals surface area contributed by atoms with Crippen LogP contribution in [0.1, 0.15) is 51.9 Å². The van der Waals surface area contributed by atoms with Gasteiger partial charge in [0.05, 0.1) is 0 Å². The van der Waals surface area contributed by atoms with E-state index in [1.165, 1.54) is 38.6 Å². The van der Waals surface area contributed by atoms with Crippen molar-refractivity contribution in [3.05, 3.63) is 0 Å². The van der Waals surface area contributed by atoms with Gasteiger partial charge in [-0.2, -0.15) is 0 Å². The SMILES string of the molecule is CC(NC(=O)C1(C(=O)N(C)C)CC1)C1CCCN(C2CCC2)C1. The van der Waals surface area contributed by atoms with Gasteiger partial charge in [-0.05, 0) is 57.9 Å². The Kier molecular flexibility index (Phi) is 4.68. The predicted molar refractivity (Wildman–Crippen MR) is 89.9 cm³/mol. The summed E-state index contributed by atoms with van der Waals surface area (Å²) in [7, 11) is 3.47. The summed E-state index contributed by atoms with van der Waals surface area (Å²) in [6.45, 7) is 4.43. The molecule has 1 saturated heterocycles. The molecule has 0 aromatic carbocycles. The van der Waals surface area contributed by atoms with Crippen molar-refractivity contribution in [3.63, 3.8) is 0 Å². The fourth-order valence-electron chi connectivity index (χ4n) is 4.09. The summed E-state index contributed by atoms with van der Waals surface area (Å²) >= 11 is 0. The van der Waals surface area contributed by atoms with Gasteiger partial charge < -0.3 is 15.1 Å². The van der Waals surface area contributed by atoms with Gasteiger partial charge in [-0.15, -0.1) is 0 Å². The number of hydrogen-bond acceptors (Lipinski definition) is 3. The molecule has 23 heavy (non-hydrogen) atoms. The van der Waals surface area contributed by atoms with Crippen molar-refractivity contribution in [2.75, 3.05) is 27.2 Å². The summed E-state index contributed by atoms with van der Waals surface area (Å²) in [4.78, 5) is 29.1. The number of carbonyl (C=O) groups is 2. The molecule has 1 N–H and O–H groups in total. The molecule has 0 radical (unpaired) electrons. The highest BCUT2D eigenvalue weighted by Gasteiger charge is 2.57. The number of likely N-dealkylation sites (tertiary alicyclic amines) is 1. The predicted octanol–water partition coefficient (Wildman–Crippen LogP) is 1.62. The van der Waals surface area contributed by atoms with E-state index in [4.69, 9.17) is 0 Å². The molecule has 3 aliphatic rings. The van der Waals surface area contributed by atoms with Gasteiger partial charge in [0.15, 0.2) is 0 Å². The molecular weight excluding hydrogens is 290 g/mol. The zero-order chi connectivity index (χ0) is 16.6. The first-order valence-corrected chi connectivity index (χ1v) is 9.21. The van der Waals surface area contributed by atoms with Crippen LogP contribution in [-0.2, 0) is 9.59 Å². The lowest BCUT2D eigenvalue weighted by Gasteiger charge is -2.44. The topological polar surface area (TPSA) is 52.7 Å². The molecule has 130 valence electrons. The van der Waals surface area contributed by atoms with Crippen LogP contribution < -0.4 is 5.32 Å². The van der Waals surface area contributed by atoms with E-state index >= 15 is 0 Å². The van der Waals surface area contributed by atoms with Crippen molar-refractivity contribution in [3.8, 4) is 0 Å². The Bertz CT molecular complexity index is 469. The average molecular weight is 321 g/mol. The number of amides is 2. The van der Waals surface area contributed by atoms with Crippen LogP contribution in [0, 0.1) is 11.3 Å². The van der Waals surface area contributed by atoms with Crippen molar-refractivity contribution in [1.29, 1.82) is 0 Å². The zero-order valence-electron chi connectivity index (χ0n) is 14.8. The van der Waals surface area contributed by atoms with Crippen LogP contribution in [0.2, 0.25) is 0 Å². The number of carbonyl (C=O) groups excluding carboxylic acids is 2. The third-order valence-corrected chi connectivity index (χ3v) is 6.15. The van der Waals surface area contributed by atoms with Gasteiger partial charge in [-0.25, -0.2) is 0 Å². The van der Waals surface area contributed by atoms with Crippen LogP contribution in [0.15, 0.2) is 0 Å². The number of rotatable bonds is 5. The van der Waals surface area contributed by atoms with Gasteiger partial charge in [-0.1, -0.05) is 6.42 Å². The summed E-state index contributed by atoms with van der Waals surface area (Å²) in [5.74, 6) is 0.421. The van der Waals surface area contributed by atoms with Crippen molar-refractivity contribution < 1.29 is 9.59 Å². The van der Waals surface area contributed by atoms with Crippen molar-refractivity contribution in [2.24, 2.45) is 11.3 Å². The maximum absolute atomic E-state index is 12.6. The second-order valence-electron chi connectivity index (χ2n) is 8.03. The minimum absolute atomic E-state index is 0.0399. The molecule has 3 fully saturated rings. The number of nitrogens with one attached hydrogen (secondary N) is 1. The molecule has 1 heterocycles. The molecule has 1 aliphatic heterocycles. The smallest absolute Gasteiger partial charge is 0.237 e. The van der Waals surface area contributed by atoms with Crippen LogP contribution in [0.5, 0.6) is 0 Å². The second-order valence-corrected chi connectivity index (χ2v) is 8.03. The molecule has 0 bridgehead atoms. The first-order chi connectivity index (χ1) is 10.9. The lowest BCUT2D eigenvalue weighted by Crippen LogP contribution is -2.52. The molecule has 0 spiro atoms. The molecule has 0 aromatic rings. The normalized spacial score (nSPS) is 28.6. The van der Waals surface area contributed by atoms with Gasteiger partial charge in [0.25, 0.3) is 0 Å². The Hall–Kier alpha value is -1.10. The molecule has 0 aromatic heterocycles. The minimum Gasteiger partial charge on any atom is -0.352 e. The van der Waals surface area contributed by atoms with Crippen LogP contribution in [0.25, 0.3) is 0 Å². The molecule has 2 atom stereocenters. The largest absolute Gasteiger partial charge is 0.352 e. The summed E-state index contributed by atoms with van der Waals surface area (Å²) < 4.78 is 0. The summed E-state index contributed by atoms with van der Waals surface area (Å²) in [5.41, 5.74) is -0.764. The Labute approximate surface area is 139 Å². The summed E-state index contributed by atoms with van der Waals surface area (Å²) in [5, 5.41) is 3.17. The van der Waals surface area contributed by atoms with Crippen molar-refractivity contribution >= 4 is 11.8 Å². The van der Waals surface area contributed by atoms with E-state index in [1.807, 2.05) is 0 Å². The number of piperidine rings is 1. The molecule has 2 aliphatic carbocycles. The molecule has 2 saturated carbocycles. The Balaban J connectivity index is 1.55. The molecule has 5 nitrogen and oxygen atoms in total. The molecule has 2 unspecified atom stereocenters. The number of hydrogen-bond donors (Lipinski definition) is 1. The highest BCUT2D eigenvalue weighted by molar-refractivity contribution is 6.07. The van der Waals surface area contributed by atoms with Crippen LogP contribution >= 0.6 is 0 Å². The quantitative estimate of drug-likeness (QED) is 0.783. The lowest BCUT2D eigenvalue weighted by molar-refractivity contribution is -0.142. The van der Waals surface area contributed by atoms with Gasteiger partial charge in [0.1, 0.15) is 5.41 Å². The molecular formula is C18H31N3O2. The van der Waals surface area contributed by atoms with Crippen molar-refractivity contribution in [1.82, 2.24) is 15.1 Å². The van der Waals surface area contributed by atoms with Gasteiger partial charge in [0, 0.05) is 32.7 Å². The highest BCUT2D eigenvalue weighted by atomic mass is 16.2. The molecule has 3 rings (SSSR count). The zero-order valence-corrected chi connectivity index (χ0v) is 14.8. The average Bonchev–Trinajstić information content (AvgIpc) is 3.26. The second kappa shape index (κ2) is 6.42. The van der Waals surface area contributed by atoms with Crippen LogP contribution in [-0.4, -0.2) is 60.9 Å². The van der Waals surface area contributed by atoms with E-state index < -0.39 is 5.41 Å². The van der Waals surface area contributed by atoms with E-state index in [1.54, 1.807) is 19.0 Å². The van der Waals surface area contributed by atoms with E-state index in [-0.39, 0.29) is 17.9 Å². The maximum Gasteiger partial charge on any atom is 0.237 e. The number of nitrogens with zero attached hydrogens (tertiary/aromatic N) is 2. The molecule has 5 heteroatoms. The van der Waals surface area contributed by atoms with Gasteiger partial charge in [-0.3, -0.25) is 9.59 Å². The Morgan fingerprint density at radius 3 is 2.39 bits per heavy atom. The minimum atomic E-state index is -0.764. The maximum atomic E-state index is 12.6. The van der Waals surface area contributed by atoms with Crippen molar-refractivity contribution in [2.45, 2.75) is 64.0 Å². The Morgan fingerprint density at radius 2 is 1.87 bits per heavy atom. The van der Waals surface area contributed by atoms with E-state index in [2.05, 4.69) is 17.1 Å². The van der Waals surface area contributed by atoms with Gasteiger partial charge in [0.2, 0.25) is 11.8 Å². The van der Waals surface area contributed by atoms with Gasteiger partial charge >= 0.3 is 0 Å². The van der Waals surface area contributed by atoms with E-state index in [9.17, 15) is 9.59 Å². The fraction of sp³-hybridized carbons (Fsp3) is 0.889. The summed E-state index contributed by atoms with van der Waals surface area (Å²) in [6.07, 6.45) is 7.85. The van der Waals surface area contributed by atoms with Crippen LogP contribution in [0.4, 0.5) is 0 Å². The first-order valence-electron chi connectivity index (χ1n) is 9.21. The van der Waals surface area contributed by atoms with E-state index in [0.717, 1.165) is 12.6 Å². The molecule has 2 amide bonds. The summed E-state index contributed by atoms with van der Waals surface area (Å²) in [6, 6.07) is 0.934. The third-order valence-electron chi connectivity index (χ3n) is 6.15. The standard InChI is InChI=1S/C18H31N3O2/c1-13(14-6-5-11-21(12-14)15-7-4-8-15)19-16(22)18(9-10-18)17(23)20(2)3/h13-15H,4-12H2,1-3H3,(H,19,22). The monoisotopic (exact) mass is 321 g/mol. The fourth-order valence-corrected chi connectivity index (χ4v) is 4.09. The third kappa shape index (κ3) is 3.25. The highest BCUT2D eigenvalue weighted by Crippen LogP contribution is 2.47. The van der Waals surface area contributed by atoms with Crippen LogP contribution in [0.3, 0.4) is 0 Å².